The van der Waals surface area contributed by atoms with Crippen molar-refractivity contribution in [2.45, 2.75) is 37.8 Å². The van der Waals surface area contributed by atoms with Crippen LogP contribution in [0.1, 0.15) is 25.7 Å². The van der Waals surface area contributed by atoms with Crippen molar-refractivity contribution in [2.24, 2.45) is 0 Å². The number of rotatable bonds is 2. The van der Waals surface area contributed by atoms with Crippen molar-refractivity contribution in [3.05, 3.63) is 0 Å². The van der Waals surface area contributed by atoms with Gasteiger partial charge in [-0.1, -0.05) is 6.42 Å². The van der Waals surface area contributed by atoms with Crippen LogP contribution in [0.2, 0.25) is 0 Å². The number of nitrogens with one attached hydrogen (secondary N) is 1. The molecule has 0 aromatic carbocycles. The van der Waals surface area contributed by atoms with Gasteiger partial charge in [-0.15, -0.1) is 0 Å². The quantitative estimate of drug-likeness (QED) is 0.728. The van der Waals surface area contributed by atoms with Gasteiger partial charge in [0.25, 0.3) is 0 Å². The van der Waals surface area contributed by atoms with Crippen molar-refractivity contribution in [2.75, 3.05) is 40.3 Å². The highest BCUT2D eigenvalue weighted by Crippen LogP contribution is 2.23. The Kier molecular flexibility index (Phi) is 4.00. The summed E-state index contributed by atoms with van der Waals surface area (Å²) in [6.45, 7) is 5.05. The Labute approximate surface area is 93.8 Å². The molecule has 0 unspecified atom stereocenters. The van der Waals surface area contributed by atoms with Crippen molar-refractivity contribution >= 4 is 0 Å². The molecule has 1 aliphatic carbocycles. The highest BCUT2D eigenvalue weighted by molar-refractivity contribution is 4.85. The minimum atomic E-state index is 0.767. The SMILES string of the molecule is CN[C@@H]1CCC[C@@H](N2CCN(C)CC2)C1. The van der Waals surface area contributed by atoms with E-state index in [1.807, 2.05) is 0 Å². The number of hydrogen-bond donors (Lipinski definition) is 1. The predicted octanol–water partition coefficient (Wildman–Crippen LogP) is 0.764. The van der Waals surface area contributed by atoms with Gasteiger partial charge >= 0.3 is 0 Å². The van der Waals surface area contributed by atoms with E-state index in [2.05, 4.69) is 29.2 Å². The Morgan fingerprint density at radius 1 is 1.07 bits per heavy atom. The molecule has 0 aromatic rings. The molecular formula is C12H25N3. The lowest BCUT2D eigenvalue weighted by Gasteiger charge is -2.41. The largest absolute Gasteiger partial charge is 0.317 e. The summed E-state index contributed by atoms with van der Waals surface area (Å²) in [5.41, 5.74) is 0. The number of piperazine rings is 1. The Morgan fingerprint density at radius 3 is 2.47 bits per heavy atom. The molecule has 0 spiro atoms. The van der Waals surface area contributed by atoms with E-state index in [-0.39, 0.29) is 0 Å². The van der Waals surface area contributed by atoms with Crippen LogP contribution in [-0.4, -0.2) is 62.2 Å². The van der Waals surface area contributed by atoms with Gasteiger partial charge in [0.2, 0.25) is 0 Å². The molecule has 1 heterocycles. The molecule has 15 heavy (non-hydrogen) atoms. The van der Waals surface area contributed by atoms with Crippen LogP contribution in [0.3, 0.4) is 0 Å². The lowest BCUT2D eigenvalue weighted by atomic mass is 9.89. The maximum atomic E-state index is 3.44. The van der Waals surface area contributed by atoms with Crippen molar-refractivity contribution in [3.8, 4) is 0 Å². The molecule has 0 bridgehead atoms. The topological polar surface area (TPSA) is 18.5 Å². The van der Waals surface area contributed by atoms with Crippen LogP contribution < -0.4 is 5.32 Å². The summed E-state index contributed by atoms with van der Waals surface area (Å²) in [5, 5.41) is 3.44. The molecule has 2 aliphatic rings. The van der Waals surface area contributed by atoms with Crippen molar-refractivity contribution in [3.63, 3.8) is 0 Å². The first kappa shape index (κ1) is 11.4. The van der Waals surface area contributed by atoms with E-state index in [1.165, 1.54) is 51.9 Å². The van der Waals surface area contributed by atoms with Crippen molar-refractivity contribution < 1.29 is 0 Å². The Balaban J connectivity index is 1.82. The molecule has 2 fully saturated rings. The minimum absolute atomic E-state index is 0.767. The Bertz CT molecular complexity index is 187. The second-order valence-corrected chi connectivity index (χ2v) is 5.15. The molecule has 0 amide bonds. The van der Waals surface area contributed by atoms with Crippen molar-refractivity contribution in [1.82, 2.24) is 15.1 Å². The summed E-state index contributed by atoms with van der Waals surface area (Å²) in [7, 11) is 4.34. The molecule has 3 heteroatoms. The third-order valence-electron chi connectivity index (χ3n) is 4.11. The van der Waals surface area contributed by atoms with Crippen LogP contribution in [0, 0.1) is 0 Å². The van der Waals surface area contributed by atoms with Gasteiger partial charge in [-0.05, 0) is 33.4 Å². The van der Waals surface area contributed by atoms with Gasteiger partial charge in [-0.3, -0.25) is 4.90 Å². The summed E-state index contributed by atoms with van der Waals surface area (Å²) < 4.78 is 0. The Hall–Kier alpha value is -0.120. The minimum Gasteiger partial charge on any atom is -0.317 e. The van der Waals surface area contributed by atoms with Crippen LogP contribution in [0.5, 0.6) is 0 Å². The zero-order chi connectivity index (χ0) is 10.7. The van der Waals surface area contributed by atoms with Gasteiger partial charge in [-0.25, -0.2) is 0 Å². The normalized spacial score (nSPS) is 35.6. The molecule has 0 radical (unpaired) electrons. The highest BCUT2D eigenvalue weighted by Gasteiger charge is 2.27. The third-order valence-corrected chi connectivity index (χ3v) is 4.11. The lowest BCUT2D eigenvalue weighted by Crippen LogP contribution is -2.51. The van der Waals surface area contributed by atoms with Gasteiger partial charge in [0.1, 0.15) is 0 Å². The first-order chi connectivity index (χ1) is 7.29. The molecule has 3 nitrogen and oxygen atoms in total. The van der Waals surface area contributed by atoms with Gasteiger partial charge in [0.05, 0.1) is 0 Å². The maximum Gasteiger partial charge on any atom is 0.0113 e. The second kappa shape index (κ2) is 5.28. The summed E-state index contributed by atoms with van der Waals surface area (Å²) in [6, 6.07) is 1.62. The van der Waals surface area contributed by atoms with E-state index in [0.29, 0.717) is 0 Å². The fraction of sp³-hybridized carbons (Fsp3) is 1.00. The lowest BCUT2D eigenvalue weighted by molar-refractivity contribution is 0.0837. The molecule has 1 saturated carbocycles. The summed E-state index contributed by atoms with van der Waals surface area (Å²) in [4.78, 5) is 5.15. The van der Waals surface area contributed by atoms with E-state index >= 15 is 0 Å². The standard InChI is InChI=1S/C12H25N3/c1-13-11-4-3-5-12(10-11)15-8-6-14(2)7-9-15/h11-13H,3-10H2,1-2H3/t11-,12-/m1/s1. The molecule has 0 aromatic heterocycles. The summed E-state index contributed by atoms with van der Waals surface area (Å²) in [6.07, 6.45) is 5.56. The highest BCUT2D eigenvalue weighted by atomic mass is 15.3. The van der Waals surface area contributed by atoms with Gasteiger partial charge in [0.15, 0.2) is 0 Å². The molecule has 2 atom stereocenters. The van der Waals surface area contributed by atoms with E-state index in [9.17, 15) is 0 Å². The molecule has 1 saturated heterocycles. The van der Waals surface area contributed by atoms with Crippen LogP contribution in [0.15, 0.2) is 0 Å². The fourth-order valence-electron chi connectivity index (χ4n) is 2.94. The smallest absolute Gasteiger partial charge is 0.0113 e. The van der Waals surface area contributed by atoms with Gasteiger partial charge < -0.3 is 10.2 Å². The van der Waals surface area contributed by atoms with E-state index in [4.69, 9.17) is 0 Å². The first-order valence-electron chi connectivity index (χ1n) is 6.39. The molecule has 2 rings (SSSR count). The van der Waals surface area contributed by atoms with Gasteiger partial charge in [0, 0.05) is 38.3 Å². The molecule has 1 aliphatic heterocycles. The predicted molar refractivity (Wildman–Crippen MR) is 64.2 cm³/mol. The molecular weight excluding hydrogens is 186 g/mol. The summed E-state index contributed by atoms with van der Waals surface area (Å²) >= 11 is 0. The average Bonchev–Trinajstić information content (AvgIpc) is 2.30. The van der Waals surface area contributed by atoms with Gasteiger partial charge in [-0.2, -0.15) is 0 Å². The van der Waals surface area contributed by atoms with Crippen molar-refractivity contribution in [1.29, 1.82) is 0 Å². The maximum absolute atomic E-state index is 3.44. The first-order valence-corrected chi connectivity index (χ1v) is 6.39. The molecule has 1 N–H and O–H groups in total. The van der Waals surface area contributed by atoms with E-state index in [0.717, 1.165) is 12.1 Å². The number of hydrogen-bond acceptors (Lipinski definition) is 3. The number of nitrogens with zero attached hydrogens (tertiary/aromatic N) is 2. The summed E-state index contributed by atoms with van der Waals surface area (Å²) in [5.74, 6) is 0. The monoisotopic (exact) mass is 211 g/mol. The average molecular weight is 211 g/mol. The number of likely N-dealkylation sites (N-methyl/N-ethyl adjacent to an activating group) is 1. The van der Waals surface area contributed by atoms with Crippen LogP contribution >= 0.6 is 0 Å². The van der Waals surface area contributed by atoms with Crippen LogP contribution in [0.25, 0.3) is 0 Å². The van der Waals surface area contributed by atoms with E-state index < -0.39 is 0 Å². The third kappa shape index (κ3) is 2.92. The Morgan fingerprint density at radius 2 is 1.80 bits per heavy atom. The zero-order valence-corrected chi connectivity index (χ0v) is 10.2. The zero-order valence-electron chi connectivity index (χ0n) is 10.2. The van der Waals surface area contributed by atoms with Crippen LogP contribution in [0.4, 0.5) is 0 Å². The molecule has 88 valence electrons. The van der Waals surface area contributed by atoms with Crippen LogP contribution in [-0.2, 0) is 0 Å². The second-order valence-electron chi connectivity index (χ2n) is 5.15. The van der Waals surface area contributed by atoms with E-state index in [1.54, 1.807) is 0 Å². The fourth-order valence-corrected chi connectivity index (χ4v) is 2.94.